The maximum absolute atomic E-state index is 11.4. The van der Waals surface area contributed by atoms with Crippen LogP contribution in [-0.2, 0) is 6.54 Å². The number of hydrogen-bond acceptors (Lipinski definition) is 6. The van der Waals surface area contributed by atoms with Crippen LogP contribution in [0.3, 0.4) is 0 Å². The Hall–Kier alpha value is -3.56. The molecule has 41 heavy (non-hydrogen) atoms. The second-order valence-electron chi connectivity index (χ2n) is 12.3. The summed E-state index contributed by atoms with van der Waals surface area (Å²) >= 11 is 0. The molecular weight excluding hydrogens is 516 g/mol. The van der Waals surface area contributed by atoms with E-state index in [0.717, 1.165) is 41.9 Å². The molecule has 3 aromatic heterocycles. The van der Waals surface area contributed by atoms with Gasteiger partial charge in [-0.2, -0.15) is 4.99 Å². The molecule has 1 atom stereocenters. The average Bonchev–Trinajstić information content (AvgIpc) is 3.27. The summed E-state index contributed by atoms with van der Waals surface area (Å²) in [7, 11) is 0. The SMILES string of the molecule is CCN(c1nc(C(N)=NC(=O)O)nc2nc(-c3cc(C(C)C)ccn3)n(CC3CCC(C)CC3)c12)C(C)C1CCC1. The van der Waals surface area contributed by atoms with Crippen LogP contribution in [0.4, 0.5) is 10.6 Å². The van der Waals surface area contributed by atoms with Gasteiger partial charge in [-0.1, -0.05) is 40.0 Å². The number of amides is 1. The van der Waals surface area contributed by atoms with E-state index >= 15 is 0 Å². The number of fused-ring (bicyclic) bond motifs is 1. The van der Waals surface area contributed by atoms with E-state index < -0.39 is 6.09 Å². The van der Waals surface area contributed by atoms with Gasteiger partial charge in [0.2, 0.25) is 0 Å². The van der Waals surface area contributed by atoms with E-state index in [2.05, 4.69) is 61.2 Å². The standard InChI is InChI=1S/C31H44N8O2/c1-6-38(20(5)22-8-7-9-22)30-25-27(35-28(37-30)26(32)34-31(40)41)36-29(24-16-23(18(2)3)14-15-33-24)39(25)17-21-12-10-19(4)11-13-21/h14-16,18-22H,6-13,17H2,1-5H3,(H2,32,34)(H,40,41). The van der Waals surface area contributed by atoms with Gasteiger partial charge in [0.1, 0.15) is 11.2 Å². The summed E-state index contributed by atoms with van der Waals surface area (Å²) < 4.78 is 2.28. The molecule has 0 spiro atoms. The molecule has 5 rings (SSSR count). The number of nitrogens with zero attached hydrogens (tertiary/aromatic N) is 7. The highest BCUT2D eigenvalue weighted by atomic mass is 16.4. The van der Waals surface area contributed by atoms with Crippen molar-refractivity contribution in [3.8, 4) is 11.5 Å². The summed E-state index contributed by atoms with van der Waals surface area (Å²) in [5.74, 6) is 3.54. The molecule has 2 aliphatic carbocycles. The summed E-state index contributed by atoms with van der Waals surface area (Å²) in [6, 6.07) is 4.42. The predicted molar refractivity (Wildman–Crippen MR) is 162 cm³/mol. The van der Waals surface area contributed by atoms with Crippen LogP contribution in [0.25, 0.3) is 22.7 Å². The van der Waals surface area contributed by atoms with Crippen molar-refractivity contribution in [1.82, 2.24) is 24.5 Å². The lowest BCUT2D eigenvalue weighted by molar-refractivity contribution is 0.205. The Morgan fingerprint density at radius 1 is 1.15 bits per heavy atom. The molecule has 2 fully saturated rings. The van der Waals surface area contributed by atoms with Crippen molar-refractivity contribution in [3.63, 3.8) is 0 Å². The number of carboxylic acid groups (broad SMARTS) is 1. The average molecular weight is 561 g/mol. The molecule has 0 aromatic carbocycles. The second-order valence-corrected chi connectivity index (χ2v) is 12.3. The Balaban J connectivity index is 1.74. The molecule has 220 valence electrons. The Labute approximate surface area is 242 Å². The summed E-state index contributed by atoms with van der Waals surface area (Å²) in [5, 5.41) is 9.29. The van der Waals surface area contributed by atoms with Gasteiger partial charge in [-0.25, -0.2) is 19.7 Å². The molecule has 3 aromatic rings. The number of aromatic nitrogens is 5. The van der Waals surface area contributed by atoms with Crippen LogP contribution in [0.15, 0.2) is 23.3 Å². The fraction of sp³-hybridized carbons (Fsp3) is 0.613. The van der Waals surface area contributed by atoms with Crippen molar-refractivity contribution >= 4 is 28.9 Å². The molecule has 0 aliphatic heterocycles. The number of pyridine rings is 1. The molecule has 0 radical (unpaired) electrons. The monoisotopic (exact) mass is 560 g/mol. The Morgan fingerprint density at radius 2 is 1.88 bits per heavy atom. The quantitative estimate of drug-likeness (QED) is 0.232. The first-order valence-electron chi connectivity index (χ1n) is 15.2. The Morgan fingerprint density at radius 3 is 2.49 bits per heavy atom. The van der Waals surface area contributed by atoms with E-state index in [1.807, 2.05) is 6.20 Å². The lowest BCUT2D eigenvalue weighted by Gasteiger charge is -2.39. The lowest BCUT2D eigenvalue weighted by Crippen LogP contribution is -2.42. The van der Waals surface area contributed by atoms with Gasteiger partial charge in [0, 0.05) is 25.3 Å². The third-order valence-corrected chi connectivity index (χ3v) is 9.22. The first-order valence-corrected chi connectivity index (χ1v) is 15.2. The van der Waals surface area contributed by atoms with E-state index in [4.69, 9.17) is 25.7 Å². The zero-order chi connectivity index (χ0) is 29.3. The number of imidazole rings is 1. The van der Waals surface area contributed by atoms with Gasteiger partial charge in [0.05, 0.1) is 0 Å². The number of aliphatic imine (C=N–C) groups is 1. The Kier molecular flexibility index (Phi) is 8.56. The van der Waals surface area contributed by atoms with Crippen molar-refractivity contribution in [2.45, 2.75) is 98.1 Å². The molecule has 1 amide bonds. The maximum atomic E-state index is 11.4. The highest BCUT2D eigenvalue weighted by molar-refractivity contribution is 6.02. The number of nitrogens with two attached hydrogens (primary N) is 1. The van der Waals surface area contributed by atoms with Crippen LogP contribution in [0.5, 0.6) is 0 Å². The van der Waals surface area contributed by atoms with Crippen LogP contribution in [0.2, 0.25) is 0 Å². The molecule has 0 bridgehead atoms. The van der Waals surface area contributed by atoms with Gasteiger partial charge in [0.15, 0.2) is 28.9 Å². The normalized spacial score (nSPS) is 20.8. The fourth-order valence-electron chi connectivity index (χ4n) is 6.36. The van der Waals surface area contributed by atoms with Crippen molar-refractivity contribution in [1.29, 1.82) is 0 Å². The minimum absolute atomic E-state index is 0.0840. The van der Waals surface area contributed by atoms with Crippen LogP contribution in [0.1, 0.15) is 96.9 Å². The summed E-state index contributed by atoms with van der Waals surface area (Å²) in [4.78, 5) is 36.7. The Bertz CT molecular complexity index is 1420. The fourth-order valence-corrected chi connectivity index (χ4v) is 6.36. The number of carbonyl (C=O) groups is 1. The third kappa shape index (κ3) is 6.06. The minimum Gasteiger partial charge on any atom is -0.463 e. The van der Waals surface area contributed by atoms with Gasteiger partial charge in [0.25, 0.3) is 0 Å². The number of anilines is 1. The number of amidine groups is 1. The van der Waals surface area contributed by atoms with E-state index in [0.29, 0.717) is 23.4 Å². The van der Waals surface area contributed by atoms with Gasteiger partial charge in [-0.05, 0) is 80.9 Å². The highest BCUT2D eigenvalue weighted by Crippen LogP contribution is 2.38. The van der Waals surface area contributed by atoms with Gasteiger partial charge in [-0.15, -0.1) is 0 Å². The molecule has 3 N–H and O–H groups in total. The van der Waals surface area contributed by atoms with Gasteiger partial charge >= 0.3 is 6.09 Å². The second kappa shape index (κ2) is 12.1. The molecule has 10 heteroatoms. The summed E-state index contributed by atoms with van der Waals surface area (Å²) in [5.41, 5.74) is 9.46. The van der Waals surface area contributed by atoms with Crippen molar-refractivity contribution < 1.29 is 9.90 Å². The van der Waals surface area contributed by atoms with Crippen LogP contribution < -0.4 is 10.6 Å². The molecular formula is C31H44N8O2. The summed E-state index contributed by atoms with van der Waals surface area (Å²) in [6.07, 6.45) is 8.89. The van der Waals surface area contributed by atoms with Crippen molar-refractivity contribution in [3.05, 3.63) is 29.7 Å². The number of hydrogen-bond donors (Lipinski definition) is 2. The van der Waals surface area contributed by atoms with E-state index in [9.17, 15) is 9.90 Å². The summed E-state index contributed by atoms with van der Waals surface area (Å²) in [6.45, 7) is 12.6. The lowest BCUT2D eigenvalue weighted by atomic mass is 9.80. The maximum Gasteiger partial charge on any atom is 0.433 e. The molecule has 1 unspecified atom stereocenters. The minimum atomic E-state index is -1.38. The molecule has 3 heterocycles. The molecule has 2 aliphatic rings. The number of rotatable bonds is 9. The van der Waals surface area contributed by atoms with Crippen LogP contribution in [0, 0.1) is 17.8 Å². The topological polar surface area (TPSA) is 135 Å². The van der Waals surface area contributed by atoms with Crippen molar-refractivity contribution in [2.75, 3.05) is 11.4 Å². The molecule has 0 saturated heterocycles. The smallest absolute Gasteiger partial charge is 0.433 e. The predicted octanol–water partition coefficient (Wildman–Crippen LogP) is 6.24. The van der Waals surface area contributed by atoms with Crippen molar-refractivity contribution in [2.24, 2.45) is 28.5 Å². The van der Waals surface area contributed by atoms with Crippen LogP contribution in [-0.4, -0.2) is 54.1 Å². The first-order chi connectivity index (χ1) is 19.7. The molecule has 10 nitrogen and oxygen atoms in total. The van der Waals surface area contributed by atoms with Gasteiger partial charge in [-0.3, -0.25) is 4.98 Å². The first kappa shape index (κ1) is 29.0. The third-order valence-electron chi connectivity index (χ3n) is 9.22. The zero-order valence-electron chi connectivity index (χ0n) is 25.0. The van der Waals surface area contributed by atoms with Gasteiger partial charge < -0.3 is 20.3 Å². The van der Waals surface area contributed by atoms with E-state index in [1.54, 1.807) is 0 Å². The van der Waals surface area contributed by atoms with Crippen LogP contribution >= 0.6 is 0 Å². The largest absolute Gasteiger partial charge is 0.463 e. The van der Waals surface area contributed by atoms with E-state index in [1.165, 1.54) is 50.5 Å². The highest BCUT2D eigenvalue weighted by Gasteiger charge is 2.32. The molecule has 2 saturated carbocycles. The van der Waals surface area contributed by atoms with E-state index in [-0.39, 0.29) is 17.7 Å². The zero-order valence-corrected chi connectivity index (χ0v) is 25.0.